The van der Waals surface area contributed by atoms with Crippen molar-refractivity contribution in [1.82, 2.24) is 0 Å². The smallest absolute Gasteiger partial charge is 0.151 e. The van der Waals surface area contributed by atoms with E-state index in [1.807, 2.05) is 18.2 Å². The van der Waals surface area contributed by atoms with Gasteiger partial charge in [-0.25, -0.2) is 0 Å². The summed E-state index contributed by atoms with van der Waals surface area (Å²) in [5, 5.41) is 7.90. The van der Waals surface area contributed by atoms with Crippen molar-refractivity contribution in [2.45, 2.75) is 11.7 Å². The monoisotopic (exact) mass is 244 g/mol. The van der Waals surface area contributed by atoms with Gasteiger partial charge in [0.1, 0.15) is 0 Å². The van der Waals surface area contributed by atoms with Crippen LogP contribution in [-0.2, 0) is 0 Å². The van der Waals surface area contributed by atoms with E-state index < -0.39 is 0 Å². The Bertz CT molecular complexity index is 437. The Morgan fingerprint density at radius 3 is 2.65 bits per heavy atom. The third kappa shape index (κ3) is 3.24. The zero-order chi connectivity index (χ0) is 12.1. The van der Waals surface area contributed by atoms with Crippen molar-refractivity contribution in [3.8, 4) is 0 Å². The molecule has 0 aliphatic heterocycles. The van der Waals surface area contributed by atoms with Crippen LogP contribution in [0.2, 0.25) is 0 Å². The van der Waals surface area contributed by atoms with E-state index >= 15 is 0 Å². The highest BCUT2D eigenvalue weighted by Gasteiger charge is 2.22. The summed E-state index contributed by atoms with van der Waals surface area (Å²) >= 11 is 1.44. The van der Waals surface area contributed by atoms with Gasteiger partial charge in [0.25, 0.3) is 0 Å². The summed E-state index contributed by atoms with van der Waals surface area (Å²) in [6, 6.07) is 10.3. The highest BCUT2D eigenvalue weighted by Crippen LogP contribution is 2.39. The molecular formula is C14H16N2S. The minimum atomic E-state index is 0.182. The molecule has 17 heavy (non-hydrogen) atoms. The fourth-order valence-electron chi connectivity index (χ4n) is 2.01. The molecule has 0 aromatic heterocycles. The molecule has 0 bridgehead atoms. The highest BCUT2D eigenvalue weighted by molar-refractivity contribution is 8.13. The number of nitrogens with two attached hydrogens (primary N) is 1. The predicted molar refractivity (Wildman–Crippen MR) is 75.1 cm³/mol. The van der Waals surface area contributed by atoms with Crippen molar-refractivity contribution in [2.75, 3.05) is 0 Å². The lowest BCUT2D eigenvalue weighted by atomic mass is 9.92. The Morgan fingerprint density at radius 1 is 1.29 bits per heavy atom. The van der Waals surface area contributed by atoms with Gasteiger partial charge in [-0.3, -0.25) is 5.41 Å². The van der Waals surface area contributed by atoms with E-state index in [4.69, 9.17) is 11.1 Å². The molecule has 0 fully saturated rings. The number of thioether (sulfide) groups is 1. The minimum absolute atomic E-state index is 0.182. The molecule has 1 aromatic rings. The summed E-state index contributed by atoms with van der Waals surface area (Å²) in [5.41, 5.74) is 6.78. The molecule has 2 unspecified atom stereocenters. The number of hydrogen-bond donors (Lipinski definition) is 2. The number of rotatable bonds is 3. The fraction of sp³-hybridized carbons (Fsp3) is 0.214. The van der Waals surface area contributed by atoms with Gasteiger partial charge in [-0.1, -0.05) is 66.4 Å². The van der Waals surface area contributed by atoms with Crippen LogP contribution in [0.15, 0.2) is 54.6 Å². The zero-order valence-corrected chi connectivity index (χ0v) is 10.4. The van der Waals surface area contributed by atoms with E-state index in [9.17, 15) is 0 Å². The summed E-state index contributed by atoms with van der Waals surface area (Å²) in [7, 11) is 0. The Hall–Kier alpha value is -1.48. The molecule has 2 atom stereocenters. The normalized spacial score (nSPS) is 20.1. The summed E-state index contributed by atoms with van der Waals surface area (Å²) in [4.78, 5) is 0. The average Bonchev–Trinajstić information content (AvgIpc) is 2.38. The van der Waals surface area contributed by atoms with E-state index in [1.54, 1.807) is 0 Å². The van der Waals surface area contributed by atoms with E-state index in [2.05, 4.69) is 36.4 Å². The van der Waals surface area contributed by atoms with Crippen molar-refractivity contribution in [2.24, 2.45) is 11.7 Å². The third-order valence-corrected chi connectivity index (χ3v) is 3.91. The number of amidine groups is 1. The van der Waals surface area contributed by atoms with Crippen molar-refractivity contribution in [3.63, 3.8) is 0 Å². The molecule has 2 nitrogen and oxygen atoms in total. The van der Waals surface area contributed by atoms with Crippen LogP contribution < -0.4 is 5.73 Å². The quantitative estimate of drug-likeness (QED) is 0.631. The topological polar surface area (TPSA) is 49.9 Å². The molecule has 0 amide bonds. The van der Waals surface area contributed by atoms with Crippen LogP contribution in [0, 0.1) is 11.3 Å². The lowest BCUT2D eigenvalue weighted by Gasteiger charge is -2.24. The van der Waals surface area contributed by atoms with E-state index in [1.165, 1.54) is 17.3 Å². The van der Waals surface area contributed by atoms with E-state index in [0.717, 1.165) is 6.42 Å². The van der Waals surface area contributed by atoms with Crippen LogP contribution in [0.1, 0.15) is 17.2 Å². The van der Waals surface area contributed by atoms with Gasteiger partial charge in [0.15, 0.2) is 5.17 Å². The molecular weight excluding hydrogens is 228 g/mol. The Labute approximate surface area is 106 Å². The first-order valence-electron chi connectivity index (χ1n) is 5.66. The van der Waals surface area contributed by atoms with Crippen molar-refractivity contribution in [1.29, 1.82) is 5.41 Å². The van der Waals surface area contributed by atoms with Gasteiger partial charge in [-0.15, -0.1) is 0 Å². The average molecular weight is 244 g/mol. The number of nitrogens with one attached hydrogen (secondary N) is 1. The molecule has 0 radical (unpaired) electrons. The Balaban J connectivity index is 2.22. The van der Waals surface area contributed by atoms with E-state index in [-0.39, 0.29) is 10.4 Å². The Kier molecular flexibility index (Phi) is 4.04. The van der Waals surface area contributed by atoms with Gasteiger partial charge in [0.2, 0.25) is 0 Å². The maximum Gasteiger partial charge on any atom is 0.151 e. The molecule has 1 aliphatic rings. The molecule has 0 saturated carbocycles. The molecule has 2 rings (SSSR count). The minimum Gasteiger partial charge on any atom is -0.379 e. The first-order valence-corrected chi connectivity index (χ1v) is 6.54. The Morgan fingerprint density at radius 2 is 2.06 bits per heavy atom. The standard InChI is InChI=1S/C14H16N2S/c15-14(16)17-13(11-7-3-1-4-8-11)12-9-5-2-6-10-12/h1-9,12-13H,10H2,(H3,15,16). The predicted octanol–water partition coefficient (Wildman–Crippen LogP) is 3.49. The van der Waals surface area contributed by atoms with Gasteiger partial charge >= 0.3 is 0 Å². The molecule has 3 N–H and O–H groups in total. The van der Waals surface area contributed by atoms with E-state index in [0.29, 0.717) is 5.92 Å². The summed E-state index contributed by atoms with van der Waals surface area (Å²) in [6.45, 7) is 0. The van der Waals surface area contributed by atoms with Crippen molar-refractivity contribution < 1.29 is 0 Å². The third-order valence-electron chi connectivity index (χ3n) is 2.78. The number of hydrogen-bond acceptors (Lipinski definition) is 2. The van der Waals surface area contributed by atoms with Crippen molar-refractivity contribution >= 4 is 16.9 Å². The number of allylic oxidation sites excluding steroid dienone is 4. The van der Waals surface area contributed by atoms with Gasteiger partial charge in [-0.2, -0.15) is 0 Å². The second kappa shape index (κ2) is 5.73. The van der Waals surface area contributed by atoms with Crippen LogP contribution in [-0.4, -0.2) is 5.17 Å². The first kappa shape index (κ1) is 12.0. The van der Waals surface area contributed by atoms with Crippen LogP contribution >= 0.6 is 11.8 Å². The maximum absolute atomic E-state index is 7.49. The molecule has 0 spiro atoms. The van der Waals surface area contributed by atoms with Gasteiger partial charge in [0.05, 0.1) is 0 Å². The molecule has 0 heterocycles. The largest absolute Gasteiger partial charge is 0.379 e. The van der Waals surface area contributed by atoms with Gasteiger partial charge in [0, 0.05) is 5.25 Å². The van der Waals surface area contributed by atoms with Crippen LogP contribution in [0.5, 0.6) is 0 Å². The SMILES string of the molecule is N=C(N)SC(c1ccccc1)C1C=CC=CC1. The number of benzene rings is 1. The maximum atomic E-state index is 7.49. The second-order valence-electron chi connectivity index (χ2n) is 4.03. The molecule has 3 heteroatoms. The van der Waals surface area contributed by atoms with Crippen LogP contribution in [0.4, 0.5) is 0 Å². The highest BCUT2D eigenvalue weighted by atomic mass is 32.2. The molecule has 1 aliphatic carbocycles. The molecule has 88 valence electrons. The second-order valence-corrected chi connectivity index (χ2v) is 5.21. The van der Waals surface area contributed by atoms with Gasteiger partial charge < -0.3 is 5.73 Å². The summed E-state index contributed by atoms with van der Waals surface area (Å²) in [5.74, 6) is 0.413. The summed E-state index contributed by atoms with van der Waals surface area (Å²) in [6.07, 6.45) is 9.52. The lowest BCUT2D eigenvalue weighted by Crippen LogP contribution is -2.14. The zero-order valence-electron chi connectivity index (χ0n) is 9.54. The van der Waals surface area contributed by atoms with Crippen molar-refractivity contribution in [3.05, 3.63) is 60.2 Å². The van der Waals surface area contributed by atoms with Gasteiger partial charge in [-0.05, 0) is 17.9 Å². The molecule has 0 saturated heterocycles. The summed E-state index contributed by atoms with van der Waals surface area (Å²) < 4.78 is 0. The first-order chi connectivity index (χ1) is 8.27. The van der Waals surface area contributed by atoms with Crippen LogP contribution in [0.25, 0.3) is 0 Å². The molecule has 1 aromatic carbocycles. The lowest BCUT2D eigenvalue weighted by molar-refractivity contribution is 0.641. The fourth-order valence-corrected chi connectivity index (χ4v) is 2.95. The van der Waals surface area contributed by atoms with Crippen LogP contribution in [0.3, 0.4) is 0 Å².